The van der Waals surface area contributed by atoms with Gasteiger partial charge in [-0.15, -0.1) is 0 Å². The average molecular weight is 319 g/mol. The fourth-order valence-corrected chi connectivity index (χ4v) is 2.28. The largest absolute Gasteiger partial charge is 0.444 e. The van der Waals surface area contributed by atoms with Crippen LogP contribution in [0, 0.1) is 0 Å². The van der Waals surface area contributed by atoms with Crippen molar-refractivity contribution in [3.63, 3.8) is 0 Å². The number of carbonyl (C=O) groups excluding carboxylic acids is 1. The number of nitrogens with zero attached hydrogens (tertiary/aromatic N) is 1. The minimum Gasteiger partial charge on any atom is -0.444 e. The first kappa shape index (κ1) is 12.7. The van der Waals surface area contributed by atoms with Gasteiger partial charge in [0, 0.05) is 10.2 Å². The molecule has 0 spiro atoms. The van der Waals surface area contributed by atoms with Gasteiger partial charge in [-0.2, -0.15) is 0 Å². The van der Waals surface area contributed by atoms with Gasteiger partial charge in [0.25, 0.3) is 0 Å². The number of benzene rings is 1. The van der Waals surface area contributed by atoms with Crippen molar-refractivity contribution < 1.29 is 9.53 Å². The van der Waals surface area contributed by atoms with Crippen molar-refractivity contribution in [1.82, 2.24) is 0 Å². The van der Waals surface area contributed by atoms with Gasteiger partial charge in [-0.1, -0.05) is 24.9 Å². The molecule has 1 unspecified atom stereocenters. The maximum atomic E-state index is 11.7. The molecular weight excluding hydrogens is 305 g/mol. The predicted molar refractivity (Wildman–Crippen MR) is 71.7 cm³/mol. The summed E-state index contributed by atoms with van der Waals surface area (Å²) in [6.07, 6.45) is 1.61. The topological polar surface area (TPSA) is 29.5 Å². The van der Waals surface area contributed by atoms with Crippen LogP contribution in [0.5, 0.6) is 0 Å². The molecule has 0 saturated carbocycles. The zero-order valence-corrected chi connectivity index (χ0v) is 11.8. The highest BCUT2D eigenvalue weighted by Crippen LogP contribution is 2.30. The fourth-order valence-electron chi connectivity index (χ4n) is 1.86. The summed E-state index contributed by atoms with van der Waals surface area (Å²) in [5, 5.41) is 0.592. The number of hydrogen-bond acceptors (Lipinski definition) is 2. The average Bonchev–Trinajstić information content (AvgIpc) is 2.64. The first-order chi connectivity index (χ1) is 8.11. The Morgan fingerprint density at radius 2 is 2.35 bits per heavy atom. The van der Waals surface area contributed by atoms with Crippen LogP contribution >= 0.6 is 27.5 Å². The monoisotopic (exact) mass is 317 g/mol. The number of amides is 1. The van der Waals surface area contributed by atoms with Crippen LogP contribution in [0.2, 0.25) is 5.02 Å². The second-order valence-corrected chi connectivity index (χ2v) is 5.26. The maximum Gasteiger partial charge on any atom is 0.414 e. The first-order valence-electron chi connectivity index (χ1n) is 5.55. The van der Waals surface area contributed by atoms with Gasteiger partial charge >= 0.3 is 6.09 Å². The normalized spacial score (nSPS) is 19.6. The summed E-state index contributed by atoms with van der Waals surface area (Å²) in [6.45, 7) is 2.68. The van der Waals surface area contributed by atoms with Crippen LogP contribution in [0.15, 0.2) is 22.7 Å². The van der Waals surface area contributed by atoms with E-state index in [4.69, 9.17) is 16.3 Å². The van der Waals surface area contributed by atoms with E-state index in [-0.39, 0.29) is 12.2 Å². The fraction of sp³-hybridized carbons (Fsp3) is 0.417. The Labute approximate surface area is 114 Å². The molecular formula is C12H13BrClNO2. The summed E-state index contributed by atoms with van der Waals surface area (Å²) in [6, 6.07) is 5.45. The Morgan fingerprint density at radius 1 is 1.59 bits per heavy atom. The van der Waals surface area contributed by atoms with Crippen LogP contribution in [0.4, 0.5) is 10.5 Å². The molecule has 1 aliphatic rings. The number of hydrogen-bond donors (Lipinski definition) is 0. The molecule has 17 heavy (non-hydrogen) atoms. The van der Waals surface area contributed by atoms with E-state index < -0.39 is 0 Å². The Morgan fingerprint density at radius 3 is 3.00 bits per heavy atom. The second kappa shape index (κ2) is 5.27. The lowest BCUT2D eigenvalue weighted by Crippen LogP contribution is -2.24. The third kappa shape index (κ3) is 2.75. The molecule has 2 rings (SSSR count). The lowest BCUT2D eigenvalue weighted by Gasteiger charge is -2.13. The zero-order chi connectivity index (χ0) is 12.4. The summed E-state index contributed by atoms with van der Waals surface area (Å²) in [7, 11) is 0. The predicted octanol–water partition coefficient (Wildman–Crippen LogP) is 4.23. The van der Waals surface area contributed by atoms with Gasteiger partial charge in [0.05, 0.1) is 11.6 Å². The number of cyclic esters (lactones) is 1. The molecule has 1 fully saturated rings. The minimum absolute atomic E-state index is 0.00470. The summed E-state index contributed by atoms with van der Waals surface area (Å²) in [5.74, 6) is 0. The molecule has 92 valence electrons. The molecule has 1 atom stereocenters. The maximum absolute atomic E-state index is 11.7. The van der Waals surface area contributed by atoms with Crippen LogP contribution in [-0.4, -0.2) is 18.7 Å². The van der Waals surface area contributed by atoms with Gasteiger partial charge < -0.3 is 4.74 Å². The Balaban J connectivity index is 2.17. The van der Waals surface area contributed by atoms with Crippen molar-refractivity contribution in [2.24, 2.45) is 0 Å². The van der Waals surface area contributed by atoms with Gasteiger partial charge in [0.15, 0.2) is 0 Å². The standard InChI is InChI=1S/C12H13BrClNO2/c1-2-3-9-7-15(12(16)17-9)8-4-5-10(13)11(14)6-8/h4-6,9H,2-3,7H2,1H3. The van der Waals surface area contributed by atoms with Gasteiger partial charge in [0.1, 0.15) is 6.10 Å². The van der Waals surface area contributed by atoms with Gasteiger partial charge in [-0.05, 0) is 40.5 Å². The number of halogens is 2. The molecule has 0 bridgehead atoms. The molecule has 1 aliphatic heterocycles. The Kier molecular flexibility index (Phi) is 3.94. The van der Waals surface area contributed by atoms with Crippen molar-refractivity contribution in [3.05, 3.63) is 27.7 Å². The third-order valence-corrected chi connectivity index (χ3v) is 3.93. The lowest BCUT2D eigenvalue weighted by atomic mass is 10.2. The van der Waals surface area contributed by atoms with E-state index in [0.717, 1.165) is 23.0 Å². The van der Waals surface area contributed by atoms with E-state index in [9.17, 15) is 4.79 Å². The highest BCUT2D eigenvalue weighted by molar-refractivity contribution is 9.10. The number of anilines is 1. The van der Waals surface area contributed by atoms with E-state index in [2.05, 4.69) is 22.9 Å². The Bertz CT molecular complexity index is 439. The third-order valence-electron chi connectivity index (χ3n) is 2.70. The SMILES string of the molecule is CCCC1CN(c2ccc(Br)c(Cl)c2)C(=O)O1. The quantitative estimate of drug-likeness (QED) is 0.835. The summed E-state index contributed by atoms with van der Waals surface area (Å²) in [5.41, 5.74) is 0.779. The van der Waals surface area contributed by atoms with Crippen LogP contribution in [0.1, 0.15) is 19.8 Å². The van der Waals surface area contributed by atoms with Crippen LogP contribution < -0.4 is 4.90 Å². The van der Waals surface area contributed by atoms with Crippen LogP contribution in [-0.2, 0) is 4.74 Å². The molecule has 0 aromatic heterocycles. The zero-order valence-electron chi connectivity index (χ0n) is 9.45. The molecule has 0 N–H and O–H groups in total. The lowest BCUT2D eigenvalue weighted by molar-refractivity contribution is 0.136. The van der Waals surface area contributed by atoms with Crippen molar-refractivity contribution in [2.45, 2.75) is 25.9 Å². The van der Waals surface area contributed by atoms with Crippen LogP contribution in [0.25, 0.3) is 0 Å². The molecule has 0 aliphatic carbocycles. The van der Waals surface area contributed by atoms with Gasteiger partial charge in [0.2, 0.25) is 0 Å². The van der Waals surface area contributed by atoms with Crippen molar-refractivity contribution in [2.75, 3.05) is 11.4 Å². The summed E-state index contributed by atoms with van der Waals surface area (Å²) < 4.78 is 6.09. The molecule has 1 saturated heterocycles. The molecule has 1 amide bonds. The number of ether oxygens (including phenoxy) is 1. The summed E-state index contributed by atoms with van der Waals surface area (Å²) >= 11 is 9.34. The molecule has 1 aromatic rings. The molecule has 0 radical (unpaired) electrons. The van der Waals surface area contributed by atoms with E-state index in [1.54, 1.807) is 11.0 Å². The van der Waals surface area contributed by atoms with E-state index >= 15 is 0 Å². The smallest absolute Gasteiger partial charge is 0.414 e. The van der Waals surface area contributed by atoms with E-state index in [1.165, 1.54) is 0 Å². The van der Waals surface area contributed by atoms with E-state index in [0.29, 0.717) is 11.6 Å². The molecule has 1 heterocycles. The van der Waals surface area contributed by atoms with Crippen molar-refractivity contribution >= 4 is 39.3 Å². The molecule has 3 nitrogen and oxygen atoms in total. The second-order valence-electron chi connectivity index (χ2n) is 4.00. The van der Waals surface area contributed by atoms with E-state index in [1.807, 2.05) is 12.1 Å². The molecule has 1 aromatic carbocycles. The number of carbonyl (C=O) groups is 1. The minimum atomic E-state index is -0.290. The first-order valence-corrected chi connectivity index (χ1v) is 6.72. The highest BCUT2D eigenvalue weighted by Gasteiger charge is 2.31. The number of rotatable bonds is 3. The van der Waals surface area contributed by atoms with Crippen molar-refractivity contribution in [1.29, 1.82) is 0 Å². The Hall–Kier alpha value is -0.740. The summed E-state index contributed by atoms with van der Waals surface area (Å²) in [4.78, 5) is 13.3. The highest BCUT2D eigenvalue weighted by atomic mass is 79.9. The van der Waals surface area contributed by atoms with Gasteiger partial charge in [-0.25, -0.2) is 4.79 Å². The van der Waals surface area contributed by atoms with Crippen molar-refractivity contribution in [3.8, 4) is 0 Å². The van der Waals surface area contributed by atoms with Gasteiger partial charge in [-0.3, -0.25) is 4.90 Å². The molecule has 5 heteroatoms. The van der Waals surface area contributed by atoms with Crippen LogP contribution in [0.3, 0.4) is 0 Å².